The highest BCUT2D eigenvalue weighted by molar-refractivity contribution is 5.81. The zero-order chi connectivity index (χ0) is 14.3. The van der Waals surface area contributed by atoms with Crippen LogP contribution in [-0.4, -0.2) is 14.7 Å². The van der Waals surface area contributed by atoms with Crippen molar-refractivity contribution in [2.45, 2.75) is 20.5 Å². The number of fused-ring (bicyclic) bond motifs is 1. The van der Waals surface area contributed by atoms with Crippen LogP contribution >= 0.6 is 0 Å². The minimum absolute atomic E-state index is 0.110. The molecule has 4 heteroatoms. The monoisotopic (exact) mass is 267 g/mol. The van der Waals surface area contributed by atoms with Gasteiger partial charge in [0, 0.05) is 11.4 Å². The van der Waals surface area contributed by atoms with E-state index in [0.29, 0.717) is 11.5 Å². The highest BCUT2D eigenvalue weighted by atomic mass is 16.3. The van der Waals surface area contributed by atoms with Gasteiger partial charge in [0.25, 0.3) is 0 Å². The lowest BCUT2D eigenvalue weighted by Gasteiger charge is -2.10. The average Bonchev–Trinajstić information content (AvgIpc) is 2.79. The first kappa shape index (κ1) is 12.7. The Balaban J connectivity index is 2.30. The Morgan fingerprint density at radius 2 is 1.90 bits per heavy atom. The van der Waals surface area contributed by atoms with Crippen LogP contribution in [0.15, 0.2) is 36.4 Å². The van der Waals surface area contributed by atoms with E-state index in [9.17, 15) is 5.11 Å². The fourth-order valence-corrected chi connectivity index (χ4v) is 2.41. The van der Waals surface area contributed by atoms with Gasteiger partial charge in [0.15, 0.2) is 0 Å². The Hall–Kier alpha value is -2.33. The maximum atomic E-state index is 9.56. The number of aromatic nitrogens is 2. The normalized spacial score (nSPS) is 11.2. The maximum absolute atomic E-state index is 9.56. The van der Waals surface area contributed by atoms with E-state index in [-0.39, 0.29) is 6.61 Å². The number of rotatable bonds is 2. The fourth-order valence-electron chi connectivity index (χ4n) is 2.41. The predicted octanol–water partition coefficient (Wildman–Crippen LogP) is 2.72. The summed E-state index contributed by atoms with van der Waals surface area (Å²) in [4.78, 5) is 4.45. The number of imidazole rings is 1. The lowest BCUT2D eigenvalue weighted by Crippen LogP contribution is -2.01. The van der Waals surface area contributed by atoms with Crippen LogP contribution in [0.4, 0.5) is 5.69 Å². The molecule has 1 heterocycles. The second kappa shape index (κ2) is 4.65. The van der Waals surface area contributed by atoms with Crippen molar-refractivity contribution in [3.8, 4) is 5.69 Å². The summed E-state index contributed by atoms with van der Waals surface area (Å²) in [5.41, 5.74) is 11.7. The number of hydrogen-bond acceptors (Lipinski definition) is 3. The number of aliphatic hydroxyl groups excluding tert-OH is 1. The molecule has 0 aliphatic carbocycles. The summed E-state index contributed by atoms with van der Waals surface area (Å²) in [6.07, 6.45) is 0. The third kappa shape index (κ3) is 1.94. The molecule has 0 atom stereocenters. The Kier molecular flexibility index (Phi) is 2.95. The van der Waals surface area contributed by atoms with Crippen LogP contribution in [0.25, 0.3) is 16.7 Å². The number of benzene rings is 2. The molecule has 0 radical (unpaired) electrons. The van der Waals surface area contributed by atoms with Crippen LogP contribution in [0.2, 0.25) is 0 Å². The van der Waals surface area contributed by atoms with E-state index in [4.69, 9.17) is 5.73 Å². The van der Waals surface area contributed by atoms with Crippen molar-refractivity contribution in [1.82, 2.24) is 9.55 Å². The van der Waals surface area contributed by atoms with Crippen molar-refractivity contribution >= 4 is 16.7 Å². The number of nitrogen functional groups attached to an aromatic ring is 1. The summed E-state index contributed by atoms with van der Waals surface area (Å²) in [6, 6.07) is 11.8. The van der Waals surface area contributed by atoms with Crippen molar-refractivity contribution in [2.75, 3.05) is 5.73 Å². The standard InChI is InChI=1S/C16H17N3O/c1-10-3-5-13(7-11(10)2)19-15-6-4-12(17)8-14(15)18-16(19)9-20/h3-8,20H,9,17H2,1-2H3. The summed E-state index contributed by atoms with van der Waals surface area (Å²) in [6.45, 7) is 4.05. The van der Waals surface area contributed by atoms with Gasteiger partial charge in [-0.15, -0.1) is 0 Å². The Morgan fingerprint density at radius 1 is 1.10 bits per heavy atom. The van der Waals surface area contributed by atoms with Gasteiger partial charge in [0.05, 0.1) is 11.0 Å². The SMILES string of the molecule is Cc1ccc(-n2c(CO)nc3cc(N)ccc32)cc1C. The topological polar surface area (TPSA) is 64.1 Å². The number of anilines is 1. The number of hydrogen-bond donors (Lipinski definition) is 2. The number of nitrogens with two attached hydrogens (primary N) is 1. The van der Waals surface area contributed by atoms with Gasteiger partial charge >= 0.3 is 0 Å². The maximum Gasteiger partial charge on any atom is 0.140 e. The van der Waals surface area contributed by atoms with Crippen molar-refractivity contribution < 1.29 is 5.11 Å². The first-order chi connectivity index (χ1) is 9.60. The molecule has 0 aliphatic rings. The van der Waals surface area contributed by atoms with E-state index in [2.05, 4.69) is 31.0 Å². The van der Waals surface area contributed by atoms with Gasteiger partial charge in [0.1, 0.15) is 12.4 Å². The Morgan fingerprint density at radius 3 is 2.60 bits per heavy atom. The molecule has 0 saturated heterocycles. The van der Waals surface area contributed by atoms with Crippen LogP contribution in [0.5, 0.6) is 0 Å². The molecule has 3 N–H and O–H groups in total. The van der Waals surface area contributed by atoms with Crippen LogP contribution in [0.1, 0.15) is 17.0 Å². The smallest absolute Gasteiger partial charge is 0.140 e. The highest BCUT2D eigenvalue weighted by Gasteiger charge is 2.12. The zero-order valence-corrected chi connectivity index (χ0v) is 11.6. The van der Waals surface area contributed by atoms with Crippen molar-refractivity contribution in [3.63, 3.8) is 0 Å². The lowest BCUT2D eigenvalue weighted by atomic mass is 10.1. The molecule has 3 aromatic rings. The first-order valence-corrected chi connectivity index (χ1v) is 6.55. The molecule has 4 nitrogen and oxygen atoms in total. The summed E-state index contributed by atoms with van der Waals surface area (Å²) < 4.78 is 1.97. The van der Waals surface area contributed by atoms with E-state index in [0.717, 1.165) is 16.7 Å². The highest BCUT2D eigenvalue weighted by Crippen LogP contribution is 2.24. The van der Waals surface area contributed by atoms with E-state index in [1.54, 1.807) is 0 Å². The molecule has 0 unspecified atom stereocenters. The van der Waals surface area contributed by atoms with E-state index in [1.165, 1.54) is 11.1 Å². The number of aryl methyl sites for hydroxylation is 2. The second-order valence-electron chi connectivity index (χ2n) is 5.04. The van der Waals surface area contributed by atoms with Crippen LogP contribution in [-0.2, 0) is 6.61 Å². The molecule has 102 valence electrons. The molecular formula is C16H17N3O. The molecule has 0 fully saturated rings. The average molecular weight is 267 g/mol. The molecule has 2 aromatic carbocycles. The second-order valence-corrected chi connectivity index (χ2v) is 5.04. The summed E-state index contributed by atoms with van der Waals surface area (Å²) in [7, 11) is 0. The fraction of sp³-hybridized carbons (Fsp3) is 0.188. The van der Waals surface area contributed by atoms with Gasteiger partial charge in [-0.25, -0.2) is 4.98 Å². The van der Waals surface area contributed by atoms with Gasteiger partial charge in [-0.1, -0.05) is 6.07 Å². The summed E-state index contributed by atoms with van der Waals surface area (Å²) >= 11 is 0. The number of nitrogens with zero attached hydrogens (tertiary/aromatic N) is 2. The summed E-state index contributed by atoms with van der Waals surface area (Å²) in [5, 5.41) is 9.56. The molecule has 0 bridgehead atoms. The van der Waals surface area contributed by atoms with E-state index in [1.807, 2.05) is 28.8 Å². The molecular weight excluding hydrogens is 250 g/mol. The Bertz CT molecular complexity index is 790. The third-order valence-electron chi connectivity index (χ3n) is 3.64. The van der Waals surface area contributed by atoms with Crippen molar-refractivity contribution in [1.29, 1.82) is 0 Å². The van der Waals surface area contributed by atoms with Gasteiger partial charge < -0.3 is 10.8 Å². The largest absolute Gasteiger partial charge is 0.399 e. The summed E-state index contributed by atoms with van der Waals surface area (Å²) in [5.74, 6) is 0.619. The predicted molar refractivity (Wildman–Crippen MR) is 80.9 cm³/mol. The molecule has 1 aromatic heterocycles. The van der Waals surface area contributed by atoms with E-state index >= 15 is 0 Å². The van der Waals surface area contributed by atoms with Crippen LogP contribution in [0.3, 0.4) is 0 Å². The van der Waals surface area contributed by atoms with Crippen LogP contribution in [0, 0.1) is 13.8 Å². The van der Waals surface area contributed by atoms with Crippen LogP contribution < -0.4 is 5.73 Å². The minimum Gasteiger partial charge on any atom is -0.399 e. The lowest BCUT2D eigenvalue weighted by molar-refractivity contribution is 0.270. The molecule has 0 spiro atoms. The zero-order valence-electron chi connectivity index (χ0n) is 11.6. The quantitative estimate of drug-likeness (QED) is 0.702. The van der Waals surface area contributed by atoms with Gasteiger partial charge in [-0.05, 0) is 55.3 Å². The molecule has 0 amide bonds. The van der Waals surface area contributed by atoms with Gasteiger partial charge in [-0.3, -0.25) is 4.57 Å². The molecule has 3 rings (SSSR count). The molecule has 0 aliphatic heterocycles. The third-order valence-corrected chi connectivity index (χ3v) is 3.64. The minimum atomic E-state index is -0.110. The van der Waals surface area contributed by atoms with E-state index < -0.39 is 0 Å². The van der Waals surface area contributed by atoms with Crippen molar-refractivity contribution in [2.24, 2.45) is 0 Å². The van der Waals surface area contributed by atoms with Gasteiger partial charge in [-0.2, -0.15) is 0 Å². The molecule has 0 saturated carbocycles. The first-order valence-electron chi connectivity index (χ1n) is 6.55. The molecule has 20 heavy (non-hydrogen) atoms. The van der Waals surface area contributed by atoms with Gasteiger partial charge in [0.2, 0.25) is 0 Å². The number of aliphatic hydroxyl groups is 1. The Labute approximate surface area is 117 Å². The van der Waals surface area contributed by atoms with Crippen molar-refractivity contribution in [3.05, 3.63) is 53.3 Å².